The van der Waals surface area contributed by atoms with Crippen LogP contribution in [0.4, 0.5) is 25.0 Å². The van der Waals surface area contributed by atoms with Crippen molar-refractivity contribution in [1.29, 1.82) is 0 Å². The maximum absolute atomic E-state index is 13.6. The number of rotatable bonds is 5. The maximum atomic E-state index is 13.6. The minimum Gasteiger partial charge on any atom is -0.383 e. The minimum atomic E-state index is -0.709. The first-order chi connectivity index (χ1) is 12.1. The molecule has 1 aromatic heterocycles. The van der Waals surface area contributed by atoms with E-state index in [-0.39, 0.29) is 5.69 Å². The van der Waals surface area contributed by atoms with E-state index in [1.54, 1.807) is 13.3 Å². The number of benzene rings is 2. The molecule has 0 bridgehead atoms. The van der Waals surface area contributed by atoms with Gasteiger partial charge in [0.05, 0.1) is 23.5 Å². The van der Waals surface area contributed by atoms with E-state index < -0.39 is 17.7 Å². The first-order valence-electron chi connectivity index (χ1n) is 7.68. The third-order valence-corrected chi connectivity index (χ3v) is 3.75. The van der Waals surface area contributed by atoms with Gasteiger partial charge in [0.15, 0.2) is 0 Å². The van der Waals surface area contributed by atoms with Gasteiger partial charge in [-0.15, -0.1) is 0 Å². The molecule has 130 valence electrons. The summed E-state index contributed by atoms with van der Waals surface area (Å²) in [6.07, 6.45) is 1.78. The number of hydrogen-bond donors (Lipinski definition) is 2. The molecule has 0 saturated carbocycles. The normalized spacial score (nSPS) is 10.8. The van der Waals surface area contributed by atoms with Gasteiger partial charge < -0.3 is 19.9 Å². The number of urea groups is 1. The van der Waals surface area contributed by atoms with Crippen LogP contribution in [0.15, 0.2) is 48.7 Å². The standard InChI is InChI=1S/C18H17F2N3O2/c1-25-9-8-23-11-16(13-4-2-3-5-17(13)23)22-18(24)21-15-10-12(19)6-7-14(15)20/h2-7,10-11H,8-9H2,1H3,(H2,21,22,24). The number of aromatic nitrogens is 1. The Balaban J connectivity index is 1.82. The van der Waals surface area contributed by atoms with E-state index in [1.807, 2.05) is 28.8 Å². The van der Waals surface area contributed by atoms with Gasteiger partial charge in [-0.2, -0.15) is 0 Å². The highest BCUT2D eigenvalue weighted by Crippen LogP contribution is 2.26. The van der Waals surface area contributed by atoms with E-state index in [1.165, 1.54) is 0 Å². The van der Waals surface area contributed by atoms with Crippen LogP contribution in [-0.2, 0) is 11.3 Å². The molecule has 0 aliphatic rings. The number of ether oxygens (including phenoxy) is 1. The number of fused-ring (bicyclic) bond motifs is 1. The second-order valence-corrected chi connectivity index (χ2v) is 5.45. The Labute approximate surface area is 143 Å². The molecular formula is C18H17F2N3O2. The molecule has 3 rings (SSSR count). The summed E-state index contributed by atoms with van der Waals surface area (Å²) < 4.78 is 33.9. The van der Waals surface area contributed by atoms with Crippen LogP contribution >= 0.6 is 0 Å². The summed E-state index contributed by atoms with van der Waals surface area (Å²) in [4.78, 5) is 12.2. The lowest BCUT2D eigenvalue weighted by atomic mass is 10.2. The molecule has 1 heterocycles. The lowest BCUT2D eigenvalue weighted by Gasteiger charge is -2.08. The van der Waals surface area contributed by atoms with Gasteiger partial charge in [0.1, 0.15) is 11.6 Å². The molecule has 2 amide bonds. The first kappa shape index (κ1) is 16.9. The number of nitrogens with one attached hydrogen (secondary N) is 2. The number of halogens is 2. The zero-order valence-electron chi connectivity index (χ0n) is 13.6. The molecule has 0 unspecified atom stereocenters. The van der Waals surface area contributed by atoms with Gasteiger partial charge in [-0.1, -0.05) is 18.2 Å². The third-order valence-electron chi connectivity index (χ3n) is 3.75. The summed E-state index contributed by atoms with van der Waals surface area (Å²) >= 11 is 0. The average molecular weight is 345 g/mol. The number of anilines is 2. The quantitative estimate of drug-likeness (QED) is 0.728. The van der Waals surface area contributed by atoms with Gasteiger partial charge in [0, 0.05) is 31.3 Å². The fourth-order valence-corrected chi connectivity index (χ4v) is 2.59. The highest BCUT2D eigenvalue weighted by Gasteiger charge is 2.12. The number of methoxy groups -OCH3 is 1. The smallest absolute Gasteiger partial charge is 0.323 e. The molecule has 0 saturated heterocycles. The molecular weight excluding hydrogens is 328 g/mol. The Morgan fingerprint density at radius 1 is 1.12 bits per heavy atom. The summed E-state index contributed by atoms with van der Waals surface area (Å²) in [5.74, 6) is -1.34. The molecule has 0 atom stereocenters. The zero-order chi connectivity index (χ0) is 17.8. The van der Waals surface area contributed by atoms with Crippen LogP contribution in [0.2, 0.25) is 0 Å². The van der Waals surface area contributed by atoms with Crippen LogP contribution in [0.3, 0.4) is 0 Å². The van der Waals surface area contributed by atoms with Crippen LogP contribution < -0.4 is 10.6 Å². The van der Waals surface area contributed by atoms with Crippen molar-refractivity contribution in [3.05, 3.63) is 60.3 Å². The molecule has 0 radical (unpaired) electrons. The zero-order valence-corrected chi connectivity index (χ0v) is 13.6. The Bertz CT molecular complexity index is 908. The molecule has 2 aromatic carbocycles. The summed E-state index contributed by atoms with van der Waals surface area (Å²) in [5.41, 5.74) is 1.29. The predicted octanol–water partition coefficient (Wildman–Crippen LogP) is 4.21. The van der Waals surface area contributed by atoms with Gasteiger partial charge in [-0.05, 0) is 18.2 Å². The van der Waals surface area contributed by atoms with E-state index in [0.29, 0.717) is 18.8 Å². The van der Waals surface area contributed by atoms with Gasteiger partial charge in [0.2, 0.25) is 0 Å². The Hall–Kier alpha value is -2.93. The molecule has 0 aliphatic heterocycles. The monoisotopic (exact) mass is 345 g/mol. The fourth-order valence-electron chi connectivity index (χ4n) is 2.59. The van der Waals surface area contributed by atoms with Crippen LogP contribution in [-0.4, -0.2) is 24.3 Å². The largest absolute Gasteiger partial charge is 0.383 e. The molecule has 3 aromatic rings. The Kier molecular flexibility index (Phi) is 4.95. The first-order valence-corrected chi connectivity index (χ1v) is 7.68. The Morgan fingerprint density at radius 3 is 2.68 bits per heavy atom. The van der Waals surface area contributed by atoms with E-state index in [2.05, 4.69) is 10.6 Å². The summed E-state index contributed by atoms with van der Waals surface area (Å²) in [7, 11) is 1.62. The molecule has 7 heteroatoms. The van der Waals surface area contributed by atoms with E-state index in [4.69, 9.17) is 4.74 Å². The number of para-hydroxylation sites is 1. The molecule has 0 aliphatic carbocycles. The molecule has 25 heavy (non-hydrogen) atoms. The molecule has 0 fully saturated rings. The lowest BCUT2D eigenvalue weighted by molar-refractivity contribution is 0.188. The van der Waals surface area contributed by atoms with Crippen molar-refractivity contribution in [3.8, 4) is 0 Å². The van der Waals surface area contributed by atoms with Crippen molar-refractivity contribution >= 4 is 28.3 Å². The molecule has 5 nitrogen and oxygen atoms in total. The van der Waals surface area contributed by atoms with Gasteiger partial charge in [0.25, 0.3) is 0 Å². The van der Waals surface area contributed by atoms with Crippen molar-refractivity contribution in [2.24, 2.45) is 0 Å². The third kappa shape index (κ3) is 3.77. The van der Waals surface area contributed by atoms with Crippen molar-refractivity contribution in [2.45, 2.75) is 6.54 Å². The number of hydrogen-bond acceptors (Lipinski definition) is 2. The van der Waals surface area contributed by atoms with Crippen molar-refractivity contribution in [3.63, 3.8) is 0 Å². The summed E-state index contributed by atoms with van der Waals surface area (Å²) in [6.45, 7) is 1.15. The highest BCUT2D eigenvalue weighted by molar-refractivity contribution is 6.06. The lowest BCUT2D eigenvalue weighted by Crippen LogP contribution is -2.20. The van der Waals surface area contributed by atoms with Gasteiger partial charge in [-0.25, -0.2) is 13.6 Å². The van der Waals surface area contributed by atoms with E-state index in [9.17, 15) is 13.6 Å². The molecule has 0 spiro atoms. The average Bonchev–Trinajstić information content (AvgIpc) is 2.94. The molecule has 2 N–H and O–H groups in total. The van der Waals surface area contributed by atoms with Crippen molar-refractivity contribution in [1.82, 2.24) is 4.57 Å². The summed E-state index contributed by atoms with van der Waals surface area (Å²) in [6, 6.07) is 9.78. The van der Waals surface area contributed by atoms with Gasteiger partial charge >= 0.3 is 6.03 Å². The van der Waals surface area contributed by atoms with Gasteiger partial charge in [-0.3, -0.25) is 0 Å². The van der Waals surface area contributed by atoms with Crippen LogP contribution in [0.5, 0.6) is 0 Å². The van der Waals surface area contributed by atoms with E-state index >= 15 is 0 Å². The van der Waals surface area contributed by atoms with Crippen LogP contribution in [0.1, 0.15) is 0 Å². The second-order valence-electron chi connectivity index (χ2n) is 5.45. The van der Waals surface area contributed by atoms with Crippen molar-refractivity contribution < 1.29 is 18.3 Å². The number of nitrogens with zero attached hydrogens (tertiary/aromatic N) is 1. The maximum Gasteiger partial charge on any atom is 0.323 e. The number of carbonyl (C=O) groups excluding carboxylic acids is 1. The SMILES string of the molecule is COCCn1cc(NC(=O)Nc2cc(F)ccc2F)c2ccccc21. The topological polar surface area (TPSA) is 55.3 Å². The van der Waals surface area contributed by atoms with E-state index in [0.717, 1.165) is 29.1 Å². The number of amides is 2. The summed E-state index contributed by atoms with van der Waals surface area (Å²) in [5, 5.41) is 5.83. The number of carbonyl (C=O) groups is 1. The van der Waals surface area contributed by atoms with Crippen molar-refractivity contribution in [2.75, 3.05) is 24.4 Å². The highest BCUT2D eigenvalue weighted by atomic mass is 19.1. The minimum absolute atomic E-state index is 0.222. The van der Waals surface area contributed by atoms with Crippen LogP contribution in [0.25, 0.3) is 10.9 Å². The predicted molar refractivity (Wildman–Crippen MR) is 92.8 cm³/mol. The second kappa shape index (κ2) is 7.31. The van der Waals surface area contributed by atoms with Crippen LogP contribution in [0, 0.1) is 11.6 Å². The fraction of sp³-hybridized carbons (Fsp3) is 0.167. The Morgan fingerprint density at radius 2 is 1.88 bits per heavy atom.